The normalized spacial score (nSPS) is 22.8. The number of benzene rings is 2. The Balaban J connectivity index is 1.66. The maximum atomic E-state index is 14.0. The van der Waals surface area contributed by atoms with Gasteiger partial charge in [-0.1, -0.05) is 42.1 Å². The highest BCUT2D eigenvalue weighted by molar-refractivity contribution is 8.13. The molecule has 2 aliphatic heterocycles. The van der Waals surface area contributed by atoms with Crippen molar-refractivity contribution in [1.29, 1.82) is 0 Å². The summed E-state index contributed by atoms with van der Waals surface area (Å²) >= 11 is 1.38. The van der Waals surface area contributed by atoms with E-state index >= 15 is 0 Å². The van der Waals surface area contributed by atoms with Crippen molar-refractivity contribution in [2.24, 2.45) is 4.99 Å². The highest BCUT2D eigenvalue weighted by Crippen LogP contribution is 2.36. The molecule has 0 unspecified atom stereocenters. The van der Waals surface area contributed by atoms with E-state index in [1.54, 1.807) is 36.4 Å². The first-order chi connectivity index (χ1) is 13.3. The first kappa shape index (κ1) is 19.1. The number of fused-ring (bicyclic) bond motifs is 1. The van der Waals surface area contributed by atoms with Crippen molar-refractivity contribution in [3.63, 3.8) is 0 Å². The number of ketones is 1. The molecule has 0 aromatic heterocycles. The predicted octanol–water partition coefficient (Wildman–Crippen LogP) is 3.30. The second-order valence-electron chi connectivity index (χ2n) is 6.98. The average Bonchev–Trinajstić information content (AvgIpc) is 3.12. The third kappa shape index (κ3) is 3.71. The molecule has 2 aliphatic rings. The molecule has 1 fully saturated rings. The number of amidine groups is 1. The van der Waals surface area contributed by atoms with Crippen molar-refractivity contribution in [2.75, 3.05) is 16.4 Å². The van der Waals surface area contributed by atoms with E-state index in [2.05, 4.69) is 4.99 Å². The van der Waals surface area contributed by atoms with Gasteiger partial charge in [-0.05, 0) is 30.7 Å². The fourth-order valence-electron chi connectivity index (χ4n) is 3.57. The van der Waals surface area contributed by atoms with E-state index in [1.165, 1.54) is 24.8 Å². The number of halogens is 1. The van der Waals surface area contributed by atoms with Crippen molar-refractivity contribution >= 4 is 38.2 Å². The number of thioether (sulfide) groups is 1. The van der Waals surface area contributed by atoms with Gasteiger partial charge in [0.15, 0.2) is 20.8 Å². The van der Waals surface area contributed by atoms with E-state index in [0.717, 1.165) is 5.69 Å². The zero-order valence-electron chi connectivity index (χ0n) is 15.2. The largest absolute Gasteiger partial charge is 0.315 e. The Bertz CT molecular complexity index is 1070. The minimum absolute atomic E-state index is 0.0182. The molecule has 0 spiro atoms. The third-order valence-corrected chi connectivity index (χ3v) is 7.67. The zero-order valence-corrected chi connectivity index (χ0v) is 16.8. The average molecular weight is 419 g/mol. The number of aliphatic imine (C=N–C) groups is 1. The van der Waals surface area contributed by atoms with E-state index in [4.69, 9.17) is 0 Å². The van der Waals surface area contributed by atoms with Crippen LogP contribution in [0.1, 0.15) is 22.8 Å². The highest BCUT2D eigenvalue weighted by atomic mass is 32.2. The monoisotopic (exact) mass is 418 g/mol. The zero-order chi connectivity index (χ0) is 19.9. The maximum Gasteiger partial charge on any atom is 0.164 e. The molecular weight excluding hydrogens is 399 g/mol. The molecule has 0 amide bonds. The molecule has 28 heavy (non-hydrogen) atoms. The van der Waals surface area contributed by atoms with Crippen LogP contribution in [0.25, 0.3) is 0 Å². The molecule has 2 heterocycles. The van der Waals surface area contributed by atoms with Gasteiger partial charge in [0, 0.05) is 17.0 Å². The van der Waals surface area contributed by atoms with Crippen molar-refractivity contribution in [2.45, 2.75) is 24.8 Å². The van der Waals surface area contributed by atoms with Crippen LogP contribution < -0.4 is 4.90 Å². The van der Waals surface area contributed by atoms with Gasteiger partial charge in [-0.15, -0.1) is 0 Å². The van der Waals surface area contributed by atoms with Crippen LogP contribution in [0.2, 0.25) is 0 Å². The third-order valence-electron chi connectivity index (χ3n) is 4.95. The number of hydrogen-bond donors (Lipinski definition) is 0. The van der Waals surface area contributed by atoms with Crippen LogP contribution in [0.15, 0.2) is 53.5 Å². The molecule has 0 aliphatic carbocycles. The fraction of sp³-hybridized carbons (Fsp3) is 0.300. The molecule has 2 aromatic rings. The lowest BCUT2D eigenvalue weighted by Gasteiger charge is -2.26. The van der Waals surface area contributed by atoms with Crippen LogP contribution in [0.4, 0.5) is 10.1 Å². The molecule has 5 nitrogen and oxygen atoms in total. The minimum Gasteiger partial charge on any atom is -0.315 e. The van der Waals surface area contributed by atoms with E-state index in [1.807, 2.05) is 11.0 Å². The number of sulfone groups is 1. The van der Waals surface area contributed by atoms with E-state index < -0.39 is 9.84 Å². The maximum absolute atomic E-state index is 14.0. The van der Waals surface area contributed by atoms with Gasteiger partial charge < -0.3 is 4.90 Å². The van der Waals surface area contributed by atoms with Gasteiger partial charge in [0.05, 0.1) is 23.6 Å². The van der Waals surface area contributed by atoms with Crippen LogP contribution in [0.5, 0.6) is 0 Å². The van der Waals surface area contributed by atoms with Gasteiger partial charge in [-0.2, -0.15) is 0 Å². The van der Waals surface area contributed by atoms with Gasteiger partial charge in [0.1, 0.15) is 5.82 Å². The highest BCUT2D eigenvalue weighted by Gasteiger charge is 2.47. The molecule has 1 saturated heterocycles. The van der Waals surface area contributed by atoms with Crippen LogP contribution in [0, 0.1) is 5.82 Å². The molecule has 8 heteroatoms. The number of carbonyl (C=O) groups is 1. The molecule has 4 rings (SSSR count). The fourth-order valence-corrected chi connectivity index (χ4v) is 6.52. The summed E-state index contributed by atoms with van der Waals surface area (Å²) in [7, 11) is -3.16. The predicted molar refractivity (Wildman–Crippen MR) is 110 cm³/mol. The van der Waals surface area contributed by atoms with E-state index in [9.17, 15) is 17.6 Å². The summed E-state index contributed by atoms with van der Waals surface area (Å²) in [6.45, 7) is 1.49. The van der Waals surface area contributed by atoms with Crippen LogP contribution in [0.3, 0.4) is 0 Å². The summed E-state index contributed by atoms with van der Waals surface area (Å²) in [5.41, 5.74) is 1.86. The SMILES string of the molecule is CC(=O)c1cccc(N2C(SCc3ccccc3F)=N[C@H]3CS(=O)(=O)C[C@H]32)c1. The van der Waals surface area contributed by atoms with Gasteiger partial charge >= 0.3 is 0 Å². The number of hydrogen-bond acceptors (Lipinski definition) is 6. The number of Topliss-reactive ketones (excluding diaryl/α,β-unsaturated/α-hetero) is 1. The summed E-state index contributed by atoms with van der Waals surface area (Å²) in [4.78, 5) is 18.3. The molecule has 146 valence electrons. The molecule has 0 bridgehead atoms. The summed E-state index contributed by atoms with van der Waals surface area (Å²) in [5.74, 6) is 0.0933. The number of nitrogens with zero attached hydrogens (tertiary/aromatic N) is 2. The second kappa shape index (κ2) is 7.33. The van der Waals surface area contributed by atoms with E-state index in [-0.39, 0.29) is 35.2 Å². The lowest BCUT2D eigenvalue weighted by Crippen LogP contribution is -2.39. The second-order valence-corrected chi connectivity index (χ2v) is 10.1. The topological polar surface area (TPSA) is 66.8 Å². The van der Waals surface area contributed by atoms with Crippen molar-refractivity contribution < 1.29 is 17.6 Å². The number of anilines is 1. The Kier molecular flexibility index (Phi) is 5.01. The van der Waals surface area contributed by atoms with Gasteiger partial charge in [0.2, 0.25) is 0 Å². The quantitative estimate of drug-likeness (QED) is 0.713. The van der Waals surface area contributed by atoms with Crippen molar-refractivity contribution in [3.05, 3.63) is 65.5 Å². The Morgan fingerprint density at radius 2 is 2.00 bits per heavy atom. The first-order valence-electron chi connectivity index (χ1n) is 8.89. The van der Waals surface area contributed by atoms with Gasteiger partial charge in [0.25, 0.3) is 0 Å². The van der Waals surface area contributed by atoms with E-state index in [0.29, 0.717) is 22.0 Å². The summed E-state index contributed by atoms with van der Waals surface area (Å²) in [5, 5.41) is 0.661. The molecular formula is C20H19FN2O3S2. The summed E-state index contributed by atoms with van der Waals surface area (Å²) in [6.07, 6.45) is 0. The lowest BCUT2D eigenvalue weighted by molar-refractivity contribution is 0.101. The van der Waals surface area contributed by atoms with Crippen molar-refractivity contribution in [1.82, 2.24) is 0 Å². The Morgan fingerprint density at radius 1 is 1.21 bits per heavy atom. The molecule has 0 saturated carbocycles. The summed E-state index contributed by atoms with van der Waals surface area (Å²) in [6, 6.07) is 13.1. The summed E-state index contributed by atoms with van der Waals surface area (Å²) < 4.78 is 38.2. The minimum atomic E-state index is -3.16. The van der Waals surface area contributed by atoms with Crippen LogP contribution in [-0.4, -0.2) is 43.0 Å². The molecule has 0 N–H and O–H groups in total. The van der Waals surface area contributed by atoms with Gasteiger partial charge in [-0.25, -0.2) is 12.8 Å². The molecule has 2 atom stereocenters. The van der Waals surface area contributed by atoms with Crippen LogP contribution >= 0.6 is 11.8 Å². The smallest absolute Gasteiger partial charge is 0.164 e. The molecule has 0 radical (unpaired) electrons. The van der Waals surface area contributed by atoms with Gasteiger partial charge in [-0.3, -0.25) is 9.79 Å². The van der Waals surface area contributed by atoms with Crippen LogP contribution in [-0.2, 0) is 15.6 Å². The molecule has 2 aromatic carbocycles. The number of carbonyl (C=O) groups excluding carboxylic acids is 1. The lowest BCUT2D eigenvalue weighted by atomic mass is 10.1. The Hall–Kier alpha value is -2.19. The standard InChI is InChI=1S/C20H19FN2O3S2/c1-13(24)14-6-4-7-16(9-14)23-19-12-28(25,26)11-18(19)22-20(23)27-10-15-5-2-3-8-17(15)21/h2-9,18-19H,10-12H2,1H3/t18-,19+/m0/s1. The number of rotatable bonds is 4. The first-order valence-corrected chi connectivity index (χ1v) is 11.7. The van der Waals surface area contributed by atoms with Crippen molar-refractivity contribution in [3.8, 4) is 0 Å². The Labute approximate surface area is 167 Å². The Morgan fingerprint density at radius 3 is 2.75 bits per heavy atom.